The molecule has 0 N–H and O–H groups in total. The van der Waals surface area contributed by atoms with E-state index in [1.807, 2.05) is 48.8 Å². The van der Waals surface area contributed by atoms with Crippen molar-refractivity contribution in [3.8, 4) is 11.4 Å². The van der Waals surface area contributed by atoms with Crippen LogP contribution in [0.25, 0.3) is 27.8 Å². The number of hydrogen-bond acceptors (Lipinski definition) is 4. The fraction of sp³-hybridized carbons (Fsp3) is 0.263. The van der Waals surface area contributed by atoms with Crippen molar-refractivity contribution in [3.05, 3.63) is 54.0 Å². The molecule has 0 aliphatic heterocycles. The second-order valence-corrected chi connectivity index (χ2v) is 6.65. The Hall–Kier alpha value is -2.89. The molecule has 0 saturated carbocycles. The molecule has 0 saturated heterocycles. The van der Waals surface area contributed by atoms with Gasteiger partial charge in [0.15, 0.2) is 5.82 Å². The topological polar surface area (TPSA) is 56.0 Å². The van der Waals surface area contributed by atoms with Crippen LogP contribution in [0, 0.1) is 13.8 Å². The average molecular weight is 335 g/mol. The lowest BCUT2D eigenvalue weighted by Crippen LogP contribution is -2.11. The number of halogens is 1. The van der Waals surface area contributed by atoms with E-state index in [1.54, 1.807) is 20.0 Å². The predicted octanol–water partition coefficient (Wildman–Crippen LogP) is 4.16. The molecule has 0 unspecified atom stereocenters. The van der Waals surface area contributed by atoms with Crippen molar-refractivity contribution in [2.75, 3.05) is 0 Å². The van der Waals surface area contributed by atoms with Gasteiger partial charge in [0.05, 0.1) is 0 Å². The summed E-state index contributed by atoms with van der Waals surface area (Å²) in [4.78, 5) is 17.7. The molecule has 0 atom stereocenters. The van der Waals surface area contributed by atoms with Crippen molar-refractivity contribution in [1.29, 1.82) is 0 Å². The third kappa shape index (κ3) is 2.54. The van der Waals surface area contributed by atoms with Gasteiger partial charge in [0, 0.05) is 35.1 Å². The van der Waals surface area contributed by atoms with Crippen LogP contribution in [0.3, 0.4) is 0 Å². The molecule has 126 valence electrons. The summed E-state index contributed by atoms with van der Waals surface area (Å²) in [5.74, 6) is 1.89. The highest BCUT2D eigenvalue weighted by Gasteiger charge is 2.24. The van der Waals surface area contributed by atoms with Gasteiger partial charge in [-0.15, -0.1) is 0 Å². The van der Waals surface area contributed by atoms with Gasteiger partial charge in [-0.1, -0.05) is 18.2 Å². The van der Waals surface area contributed by atoms with Gasteiger partial charge in [-0.05, 0) is 33.1 Å². The van der Waals surface area contributed by atoms with Crippen LogP contribution in [-0.4, -0.2) is 24.3 Å². The van der Waals surface area contributed by atoms with E-state index in [-0.39, 0.29) is 0 Å². The molecule has 4 aromatic rings. The first-order chi connectivity index (χ1) is 11.8. The van der Waals surface area contributed by atoms with Crippen molar-refractivity contribution < 1.29 is 4.39 Å². The maximum Gasteiger partial charge on any atom is 0.165 e. The summed E-state index contributed by atoms with van der Waals surface area (Å²) in [6, 6.07) is 5.64. The molecule has 25 heavy (non-hydrogen) atoms. The summed E-state index contributed by atoms with van der Waals surface area (Å²) in [6.45, 7) is 6.80. The third-order valence-electron chi connectivity index (χ3n) is 4.26. The molecule has 4 rings (SSSR count). The lowest BCUT2D eigenvalue weighted by Gasteiger charge is -2.19. The zero-order valence-electron chi connectivity index (χ0n) is 14.6. The average Bonchev–Trinajstić information content (AvgIpc) is 3.00. The summed E-state index contributed by atoms with van der Waals surface area (Å²) < 4.78 is 16.8. The fourth-order valence-electron chi connectivity index (χ4n) is 3.25. The van der Waals surface area contributed by atoms with Gasteiger partial charge in [-0.2, -0.15) is 0 Å². The number of pyridine rings is 1. The Balaban J connectivity index is 2.18. The van der Waals surface area contributed by atoms with E-state index in [9.17, 15) is 4.39 Å². The van der Waals surface area contributed by atoms with Crippen molar-refractivity contribution >= 4 is 16.4 Å². The van der Waals surface area contributed by atoms with E-state index in [0.29, 0.717) is 23.0 Å². The third-order valence-corrected chi connectivity index (χ3v) is 4.26. The van der Waals surface area contributed by atoms with Crippen molar-refractivity contribution in [3.63, 3.8) is 0 Å². The normalized spacial score (nSPS) is 12.2. The zero-order valence-corrected chi connectivity index (χ0v) is 14.6. The largest absolute Gasteiger partial charge is 0.306 e. The number of aryl methyl sites for hydroxylation is 2. The minimum atomic E-state index is -1.49. The Morgan fingerprint density at radius 1 is 1.04 bits per heavy atom. The van der Waals surface area contributed by atoms with Crippen LogP contribution in [0.2, 0.25) is 0 Å². The number of imidazole rings is 1. The van der Waals surface area contributed by atoms with Gasteiger partial charge in [0.2, 0.25) is 0 Å². The van der Waals surface area contributed by atoms with Crippen LogP contribution in [0.15, 0.2) is 36.8 Å². The monoisotopic (exact) mass is 335 g/mol. The Bertz CT molecular complexity index is 1090. The molecule has 1 aromatic carbocycles. The van der Waals surface area contributed by atoms with E-state index in [0.717, 1.165) is 22.0 Å². The Morgan fingerprint density at radius 2 is 1.76 bits per heavy atom. The van der Waals surface area contributed by atoms with Crippen LogP contribution in [0.1, 0.15) is 31.1 Å². The van der Waals surface area contributed by atoms with Gasteiger partial charge >= 0.3 is 0 Å². The van der Waals surface area contributed by atoms with Gasteiger partial charge in [-0.25, -0.2) is 24.3 Å². The van der Waals surface area contributed by atoms with Gasteiger partial charge in [0.1, 0.15) is 23.0 Å². The maximum absolute atomic E-state index is 14.9. The van der Waals surface area contributed by atoms with Crippen molar-refractivity contribution in [1.82, 2.24) is 24.3 Å². The van der Waals surface area contributed by atoms with Gasteiger partial charge in [0.25, 0.3) is 0 Å². The van der Waals surface area contributed by atoms with Gasteiger partial charge < -0.3 is 4.40 Å². The predicted molar refractivity (Wildman–Crippen MR) is 95.1 cm³/mol. The lowest BCUT2D eigenvalue weighted by atomic mass is 9.93. The number of nitrogens with zero attached hydrogens (tertiary/aromatic N) is 5. The number of alkyl halides is 1. The molecule has 0 amide bonds. The van der Waals surface area contributed by atoms with E-state index in [4.69, 9.17) is 0 Å². The Morgan fingerprint density at radius 3 is 2.44 bits per heavy atom. The number of rotatable bonds is 2. The molecule has 0 aliphatic rings. The van der Waals surface area contributed by atoms with Crippen LogP contribution < -0.4 is 0 Å². The van der Waals surface area contributed by atoms with Crippen LogP contribution >= 0.6 is 0 Å². The summed E-state index contributed by atoms with van der Waals surface area (Å²) in [5, 5.41) is 1.67. The Labute approximate surface area is 144 Å². The van der Waals surface area contributed by atoms with Crippen LogP contribution in [0.5, 0.6) is 0 Å². The Kier molecular flexibility index (Phi) is 3.32. The zero-order chi connectivity index (χ0) is 17.8. The molecule has 0 fully saturated rings. The molecule has 0 radical (unpaired) electrons. The molecule has 5 nitrogen and oxygen atoms in total. The minimum Gasteiger partial charge on any atom is -0.306 e. The van der Waals surface area contributed by atoms with Gasteiger partial charge in [-0.3, -0.25) is 0 Å². The van der Waals surface area contributed by atoms with Crippen molar-refractivity contribution in [2.24, 2.45) is 0 Å². The highest BCUT2D eigenvalue weighted by atomic mass is 19.1. The first kappa shape index (κ1) is 15.6. The SMILES string of the molecule is Cc1nc(C)nc(-c2cn3ccnc3c3c(C(C)(C)F)cccc23)n1. The van der Waals surface area contributed by atoms with Crippen LogP contribution in [0.4, 0.5) is 4.39 Å². The number of hydrogen-bond donors (Lipinski definition) is 0. The van der Waals surface area contributed by atoms with E-state index in [2.05, 4.69) is 19.9 Å². The highest BCUT2D eigenvalue weighted by molar-refractivity contribution is 6.04. The minimum absolute atomic E-state index is 0.583. The van der Waals surface area contributed by atoms with E-state index >= 15 is 0 Å². The molecule has 3 heterocycles. The molecular weight excluding hydrogens is 317 g/mol. The summed E-state index contributed by atoms with van der Waals surface area (Å²) in [6.07, 6.45) is 5.50. The number of fused-ring (bicyclic) bond motifs is 3. The van der Waals surface area contributed by atoms with E-state index in [1.165, 1.54) is 0 Å². The molecule has 6 heteroatoms. The summed E-state index contributed by atoms with van der Waals surface area (Å²) >= 11 is 0. The number of aromatic nitrogens is 5. The molecule has 3 aromatic heterocycles. The second kappa shape index (κ2) is 5.31. The molecule has 0 aliphatic carbocycles. The lowest BCUT2D eigenvalue weighted by molar-refractivity contribution is 0.224. The van der Waals surface area contributed by atoms with Crippen LogP contribution in [-0.2, 0) is 5.67 Å². The highest BCUT2D eigenvalue weighted by Crippen LogP contribution is 2.37. The standard InChI is InChI=1S/C19H18FN5/c1-11-22-12(2)24-17(23-11)14-10-25-9-8-21-18(25)16-13(14)6-5-7-15(16)19(3,4)20/h5-10H,1-4H3. The molecule has 0 spiro atoms. The first-order valence-corrected chi connectivity index (χ1v) is 8.12. The van der Waals surface area contributed by atoms with Crippen molar-refractivity contribution in [2.45, 2.75) is 33.4 Å². The first-order valence-electron chi connectivity index (χ1n) is 8.12. The quantitative estimate of drug-likeness (QED) is 0.552. The smallest absolute Gasteiger partial charge is 0.165 e. The fourth-order valence-corrected chi connectivity index (χ4v) is 3.25. The second-order valence-electron chi connectivity index (χ2n) is 6.65. The summed E-state index contributed by atoms with van der Waals surface area (Å²) in [5.41, 5.74) is 0.670. The summed E-state index contributed by atoms with van der Waals surface area (Å²) in [7, 11) is 0. The maximum atomic E-state index is 14.9. The number of benzene rings is 1. The van der Waals surface area contributed by atoms with E-state index < -0.39 is 5.67 Å². The molecule has 0 bridgehead atoms. The molecular formula is C19H18FN5.